The van der Waals surface area contributed by atoms with Crippen LogP contribution in [-0.2, 0) is 0 Å². The summed E-state index contributed by atoms with van der Waals surface area (Å²) in [7, 11) is 0. The van der Waals surface area contributed by atoms with Crippen molar-refractivity contribution in [3.05, 3.63) is 0 Å². The molecule has 0 heterocycles. The minimum Gasteiger partial charge on any atom is -0.396 e. The normalized spacial score (nSPS) is 13.4. The number of nitriles is 1. The quantitative estimate of drug-likeness (QED) is 0.593. The van der Waals surface area contributed by atoms with Crippen LogP contribution in [0.2, 0.25) is 0 Å². The molecule has 0 amide bonds. The molecule has 0 spiro atoms. The van der Waals surface area contributed by atoms with Crippen LogP contribution in [0.4, 0.5) is 0 Å². The van der Waals surface area contributed by atoms with Crippen molar-refractivity contribution in [2.24, 2.45) is 11.3 Å². The highest BCUT2D eigenvalue weighted by molar-refractivity contribution is 4.91. The van der Waals surface area contributed by atoms with Gasteiger partial charge in [-0.15, -0.1) is 0 Å². The van der Waals surface area contributed by atoms with Gasteiger partial charge >= 0.3 is 0 Å². The van der Waals surface area contributed by atoms with Crippen LogP contribution >= 0.6 is 0 Å². The van der Waals surface area contributed by atoms with Gasteiger partial charge in [0, 0.05) is 6.61 Å². The van der Waals surface area contributed by atoms with Gasteiger partial charge in [0.05, 0.1) is 11.5 Å². The predicted molar refractivity (Wildman–Crippen MR) is 67.0 cm³/mol. The Labute approximate surface area is 99.9 Å². The molecule has 0 aliphatic heterocycles. The zero-order valence-electron chi connectivity index (χ0n) is 10.9. The molecule has 3 heteroatoms. The van der Waals surface area contributed by atoms with E-state index in [-0.39, 0.29) is 12.0 Å². The Hall–Kier alpha value is -0.590. The van der Waals surface area contributed by atoms with Crippen LogP contribution in [0.1, 0.15) is 46.5 Å². The molecule has 1 unspecified atom stereocenters. The largest absolute Gasteiger partial charge is 0.396 e. The second-order valence-electron chi connectivity index (χ2n) is 5.28. The minimum absolute atomic E-state index is 0.187. The van der Waals surface area contributed by atoms with E-state index in [4.69, 9.17) is 10.4 Å². The summed E-state index contributed by atoms with van der Waals surface area (Å²) in [5.74, 6) is 0.416. The Balaban J connectivity index is 3.26. The van der Waals surface area contributed by atoms with Gasteiger partial charge in [0.15, 0.2) is 0 Å². The van der Waals surface area contributed by atoms with Crippen molar-refractivity contribution < 1.29 is 5.11 Å². The second-order valence-corrected chi connectivity index (χ2v) is 5.28. The lowest BCUT2D eigenvalue weighted by atomic mass is 9.90. The summed E-state index contributed by atoms with van der Waals surface area (Å²) >= 11 is 0. The molecule has 0 aliphatic carbocycles. The highest BCUT2D eigenvalue weighted by Crippen LogP contribution is 2.19. The molecule has 94 valence electrons. The van der Waals surface area contributed by atoms with Gasteiger partial charge in [0.25, 0.3) is 0 Å². The number of nitrogens with zero attached hydrogens (tertiary/aromatic N) is 1. The summed E-state index contributed by atoms with van der Waals surface area (Å²) in [5, 5.41) is 21.0. The van der Waals surface area contributed by atoms with Crippen molar-refractivity contribution in [1.29, 1.82) is 5.26 Å². The van der Waals surface area contributed by atoms with Crippen molar-refractivity contribution in [2.75, 3.05) is 19.7 Å². The van der Waals surface area contributed by atoms with E-state index in [2.05, 4.69) is 18.3 Å². The average molecular weight is 226 g/mol. The molecule has 0 bridgehead atoms. The summed E-state index contributed by atoms with van der Waals surface area (Å²) in [6, 6.07) is 2.31. The van der Waals surface area contributed by atoms with Crippen LogP contribution in [-0.4, -0.2) is 24.8 Å². The molecule has 0 saturated carbocycles. The Kier molecular flexibility index (Phi) is 8.23. The Morgan fingerprint density at radius 3 is 2.50 bits per heavy atom. The summed E-state index contributed by atoms with van der Waals surface area (Å²) < 4.78 is 0. The fourth-order valence-electron chi connectivity index (χ4n) is 1.50. The number of aliphatic hydroxyl groups is 1. The lowest BCUT2D eigenvalue weighted by molar-refractivity contribution is 0.228. The predicted octanol–water partition coefficient (Wildman–Crippen LogP) is 2.31. The van der Waals surface area contributed by atoms with Crippen molar-refractivity contribution in [1.82, 2.24) is 5.32 Å². The minimum atomic E-state index is -0.187. The summed E-state index contributed by atoms with van der Waals surface area (Å²) in [6.45, 7) is 8.31. The molecule has 0 fully saturated rings. The third kappa shape index (κ3) is 8.70. The zero-order chi connectivity index (χ0) is 12.4. The fourth-order valence-corrected chi connectivity index (χ4v) is 1.50. The maximum absolute atomic E-state index is 8.84. The van der Waals surface area contributed by atoms with E-state index in [1.54, 1.807) is 0 Å². The number of nitrogens with one attached hydrogen (secondary N) is 1. The van der Waals surface area contributed by atoms with Crippen molar-refractivity contribution in [2.45, 2.75) is 46.5 Å². The number of aliphatic hydroxyl groups excluding tert-OH is 1. The van der Waals surface area contributed by atoms with Gasteiger partial charge in [-0.1, -0.05) is 6.92 Å². The fraction of sp³-hybridized carbons (Fsp3) is 0.923. The van der Waals surface area contributed by atoms with Crippen LogP contribution in [0.5, 0.6) is 0 Å². The third-order valence-corrected chi connectivity index (χ3v) is 2.82. The van der Waals surface area contributed by atoms with Crippen LogP contribution in [0.15, 0.2) is 0 Å². The SMILES string of the molecule is CC(CO)CCCNCCCC(C)(C)C#N. The van der Waals surface area contributed by atoms with Gasteiger partial charge in [-0.25, -0.2) is 0 Å². The van der Waals surface area contributed by atoms with Crippen LogP contribution < -0.4 is 5.32 Å². The lowest BCUT2D eigenvalue weighted by Gasteiger charge is -2.14. The monoisotopic (exact) mass is 226 g/mol. The topological polar surface area (TPSA) is 56.0 Å². The third-order valence-electron chi connectivity index (χ3n) is 2.82. The molecule has 3 nitrogen and oxygen atoms in total. The van der Waals surface area contributed by atoms with Gasteiger partial charge in [-0.05, 0) is 58.5 Å². The number of rotatable bonds is 9. The molecule has 0 aliphatic rings. The molecule has 0 radical (unpaired) electrons. The molecule has 0 saturated heterocycles. The van der Waals surface area contributed by atoms with Gasteiger partial charge in [-0.2, -0.15) is 5.26 Å². The maximum Gasteiger partial charge on any atom is 0.0683 e. The average Bonchev–Trinajstić information content (AvgIpc) is 2.27. The van der Waals surface area contributed by atoms with Crippen LogP contribution in [0.3, 0.4) is 0 Å². The van der Waals surface area contributed by atoms with Crippen molar-refractivity contribution >= 4 is 0 Å². The molecule has 0 rings (SSSR count). The standard InChI is InChI=1S/C13H26N2O/c1-12(10-16)6-4-8-15-9-5-7-13(2,3)11-14/h12,15-16H,4-10H2,1-3H3. The molecule has 0 aromatic carbocycles. The molecular weight excluding hydrogens is 200 g/mol. The summed E-state index contributed by atoms with van der Waals surface area (Å²) in [4.78, 5) is 0. The number of hydrogen-bond acceptors (Lipinski definition) is 3. The Bertz CT molecular complexity index is 208. The van der Waals surface area contributed by atoms with Crippen LogP contribution in [0.25, 0.3) is 0 Å². The zero-order valence-corrected chi connectivity index (χ0v) is 10.9. The van der Waals surface area contributed by atoms with E-state index in [0.29, 0.717) is 5.92 Å². The maximum atomic E-state index is 8.84. The Morgan fingerprint density at radius 2 is 1.94 bits per heavy atom. The van der Waals surface area contributed by atoms with E-state index in [1.165, 1.54) is 0 Å². The van der Waals surface area contributed by atoms with Crippen LogP contribution in [0, 0.1) is 22.7 Å². The number of hydrogen-bond donors (Lipinski definition) is 2. The summed E-state index contributed by atoms with van der Waals surface area (Å²) in [6.07, 6.45) is 4.19. The molecular formula is C13H26N2O. The molecule has 16 heavy (non-hydrogen) atoms. The van der Waals surface area contributed by atoms with E-state index >= 15 is 0 Å². The first-order chi connectivity index (χ1) is 7.52. The lowest BCUT2D eigenvalue weighted by Crippen LogP contribution is -2.19. The first-order valence-electron chi connectivity index (χ1n) is 6.24. The first kappa shape index (κ1) is 15.4. The van der Waals surface area contributed by atoms with Gasteiger partial charge in [0.2, 0.25) is 0 Å². The van der Waals surface area contributed by atoms with E-state index < -0.39 is 0 Å². The highest BCUT2D eigenvalue weighted by Gasteiger charge is 2.15. The second kappa shape index (κ2) is 8.55. The Morgan fingerprint density at radius 1 is 1.31 bits per heavy atom. The van der Waals surface area contributed by atoms with E-state index in [9.17, 15) is 0 Å². The molecule has 0 aromatic rings. The van der Waals surface area contributed by atoms with Crippen molar-refractivity contribution in [3.8, 4) is 6.07 Å². The van der Waals surface area contributed by atoms with Crippen molar-refractivity contribution in [3.63, 3.8) is 0 Å². The highest BCUT2D eigenvalue weighted by atomic mass is 16.3. The van der Waals surface area contributed by atoms with Gasteiger partial charge in [-0.3, -0.25) is 0 Å². The molecule has 1 atom stereocenters. The molecule has 2 N–H and O–H groups in total. The first-order valence-corrected chi connectivity index (χ1v) is 6.24. The van der Waals surface area contributed by atoms with E-state index in [1.807, 2.05) is 13.8 Å². The molecule has 0 aromatic heterocycles. The smallest absolute Gasteiger partial charge is 0.0683 e. The van der Waals surface area contributed by atoms with Gasteiger partial charge < -0.3 is 10.4 Å². The van der Waals surface area contributed by atoms with Gasteiger partial charge in [0.1, 0.15) is 0 Å². The summed E-state index contributed by atoms with van der Waals surface area (Å²) in [5.41, 5.74) is -0.187. The van der Waals surface area contributed by atoms with E-state index in [0.717, 1.165) is 38.8 Å².